The predicted octanol–water partition coefficient (Wildman–Crippen LogP) is 3.16. The fraction of sp³-hybridized carbons (Fsp3) is 0.133. The van der Waals surface area contributed by atoms with E-state index in [1.807, 2.05) is 60.7 Å². The molecule has 0 amide bonds. The van der Waals surface area contributed by atoms with E-state index in [2.05, 4.69) is 4.99 Å². The largest absolute Gasteiger partial charge is 0.469 e. The van der Waals surface area contributed by atoms with Crippen molar-refractivity contribution in [1.82, 2.24) is 0 Å². The lowest BCUT2D eigenvalue weighted by molar-refractivity contribution is 0.392. The van der Waals surface area contributed by atoms with Crippen LogP contribution in [-0.2, 0) is 4.74 Å². The summed E-state index contributed by atoms with van der Waals surface area (Å²) in [6, 6.07) is 20.1. The SMILES string of the molecule is COC(N)=NC(c1ccccc1)c1ccccc1.Cl. The molecule has 0 aromatic heterocycles. The topological polar surface area (TPSA) is 47.6 Å². The molecule has 0 fully saturated rings. The second-order valence-corrected chi connectivity index (χ2v) is 3.90. The lowest BCUT2D eigenvalue weighted by Gasteiger charge is -2.14. The lowest BCUT2D eigenvalue weighted by Crippen LogP contribution is -2.16. The minimum absolute atomic E-state index is 0. The number of ether oxygens (including phenoxy) is 1. The second-order valence-electron chi connectivity index (χ2n) is 3.90. The molecule has 0 heterocycles. The summed E-state index contributed by atoms with van der Waals surface area (Å²) in [4.78, 5) is 4.41. The predicted molar refractivity (Wildman–Crippen MR) is 80.6 cm³/mol. The third kappa shape index (κ3) is 4.00. The molecule has 2 aromatic carbocycles. The first-order valence-corrected chi connectivity index (χ1v) is 5.78. The minimum atomic E-state index is -0.132. The number of hydrogen-bond acceptors (Lipinski definition) is 2. The summed E-state index contributed by atoms with van der Waals surface area (Å²) in [5.74, 6) is 0. The van der Waals surface area contributed by atoms with Crippen LogP contribution >= 0.6 is 12.4 Å². The van der Waals surface area contributed by atoms with Gasteiger partial charge in [0.05, 0.1) is 7.11 Å². The maximum atomic E-state index is 5.68. The molecule has 0 atom stereocenters. The van der Waals surface area contributed by atoms with Gasteiger partial charge in [0, 0.05) is 0 Å². The summed E-state index contributed by atoms with van der Waals surface area (Å²) in [7, 11) is 1.52. The van der Waals surface area contributed by atoms with E-state index in [1.165, 1.54) is 7.11 Å². The van der Waals surface area contributed by atoms with Gasteiger partial charge in [-0.1, -0.05) is 60.7 Å². The molecule has 0 unspecified atom stereocenters. The van der Waals surface area contributed by atoms with Crippen molar-refractivity contribution < 1.29 is 4.74 Å². The van der Waals surface area contributed by atoms with Crippen LogP contribution in [0, 0.1) is 0 Å². The van der Waals surface area contributed by atoms with E-state index in [9.17, 15) is 0 Å². The van der Waals surface area contributed by atoms with E-state index in [0.29, 0.717) is 0 Å². The number of nitrogens with zero attached hydrogens (tertiary/aromatic N) is 1. The zero-order valence-corrected chi connectivity index (χ0v) is 11.5. The van der Waals surface area contributed by atoms with Gasteiger partial charge in [-0.3, -0.25) is 0 Å². The van der Waals surface area contributed by atoms with Crippen molar-refractivity contribution in [3.8, 4) is 0 Å². The van der Waals surface area contributed by atoms with Gasteiger partial charge < -0.3 is 10.5 Å². The molecule has 2 aromatic rings. The van der Waals surface area contributed by atoms with Gasteiger partial charge >= 0.3 is 0 Å². The van der Waals surface area contributed by atoms with Gasteiger partial charge in [-0.15, -0.1) is 12.4 Å². The van der Waals surface area contributed by atoms with E-state index in [1.54, 1.807) is 0 Å². The minimum Gasteiger partial charge on any atom is -0.469 e. The monoisotopic (exact) mass is 276 g/mol. The Kier molecular flexibility index (Phi) is 5.90. The van der Waals surface area contributed by atoms with Crippen LogP contribution in [0.5, 0.6) is 0 Å². The van der Waals surface area contributed by atoms with E-state index < -0.39 is 0 Å². The third-order valence-corrected chi connectivity index (χ3v) is 2.70. The maximum Gasteiger partial charge on any atom is 0.282 e. The summed E-state index contributed by atoms with van der Waals surface area (Å²) < 4.78 is 4.95. The van der Waals surface area contributed by atoms with Crippen LogP contribution in [0.1, 0.15) is 17.2 Å². The number of benzene rings is 2. The highest BCUT2D eigenvalue weighted by Gasteiger charge is 2.12. The average Bonchev–Trinajstić information content (AvgIpc) is 2.46. The Morgan fingerprint density at radius 2 is 1.37 bits per heavy atom. The first-order valence-electron chi connectivity index (χ1n) is 5.78. The van der Waals surface area contributed by atoms with Gasteiger partial charge in [0.2, 0.25) is 0 Å². The quantitative estimate of drug-likeness (QED) is 0.691. The van der Waals surface area contributed by atoms with Gasteiger partial charge in [0.25, 0.3) is 6.02 Å². The maximum absolute atomic E-state index is 5.68. The smallest absolute Gasteiger partial charge is 0.282 e. The molecule has 0 aliphatic rings. The molecule has 0 spiro atoms. The van der Waals surface area contributed by atoms with Crippen LogP contribution in [-0.4, -0.2) is 13.1 Å². The molecule has 2 rings (SSSR count). The van der Waals surface area contributed by atoms with Gasteiger partial charge in [0.1, 0.15) is 6.04 Å². The summed E-state index contributed by atoms with van der Waals surface area (Å²) in [5.41, 5.74) is 7.85. The Bertz CT molecular complexity index is 475. The zero-order valence-electron chi connectivity index (χ0n) is 10.7. The van der Waals surface area contributed by atoms with Crippen molar-refractivity contribution in [3.05, 3.63) is 71.8 Å². The Morgan fingerprint density at radius 3 is 1.74 bits per heavy atom. The van der Waals surface area contributed by atoms with E-state index in [-0.39, 0.29) is 24.5 Å². The zero-order chi connectivity index (χ0) is 12.8. The summed E-state index contributed by atoms with van der Waals surface area (Å²) in [6.45, 7) is 0. The van der Waals surface area contributed by atoms with Crippen molar-refractivity contribution >= 4 is 18.4 Å². The molecule has 0 bridgehead atoms. The first kappa shape index (κ1) is 15.1. The number of halogens is 1. The summed E-state index contributed by atoms with van der Waals surface area (Å²) in [5, 5.41) is 0. The average molecular weight is 277 g/mol. The molecule has 3 nitrogen and oxygen atoms in total. The number of amidine groups is 1. The van der Waals surface area contributed by atoms with Crippen molar-refractivity contribution in [2.45, 2.75) is 6.04 Å². The second kappa shape index (κ2) is 7.44. The molecule has 0 saturated carbocycles. The van der Waals surface area contributed by atoms with Crippen LogP contribution < -0.4 is 5.73 Å². The van der Waals surface area contributed by atoms with E-state index in [0.717, 1.165) is 11.1 Å². The highest BCUT2D eigenvalue weighted by atomic mass is 35.5. The third-order valence-electron chi connectivity index (χ3n) is 2.70. The molecular formula is C15H17ClN2O. The molecule has 0 radical (unpaired) electrons. The van der Waals surface area contributed by atoms with Gasteiger partial charge in [0.15, 0.2) is 0 Å². The standard InChI is InChI=1S/C15H16N2O.ClH/c1-18-15(16)17-14(12-8-4-2-5-9-12)13-10-6-3-7-11-13;/h2-11,14H,1H3,(H2,16,17);1H. The van der Waals surface area contributed by atoms with Crippen molar-refractivity contribution in [2.24, 2.45) is 10.7 Å². The highest BCUT2D eigenvalue weighted by Crippen LogP contribution is 2.25. The molecule has 4 heteroatoms. The van der Waals surface area contributed by atoms with Crippen LogP contribution in [0.25, 0.3) is 0 Å². The fourth-order valence-corrected chi connectivity index (χ4v) is 1.79. The fourth-order valence-electron chi connectivity index (χ4n) is 1.79. The highest BCUT2D eigenvalue weighted by molar-refractivity contribution is 5.85. The normalized spacial score (nSPS) is 10.9. The molecule has 100 valence electrons. The molecule has 0 aliphatic carbocycles. The number of rotatable bonds is 3. The number of aliphatic imine (C=N–C) groups is 1. The van der Waals surface area contributed by atoms with Crippen molar-refractivity contribution in [2.75, 3.05) is 7.11 Å². The number of methoxy groups -OCH3 is 1. The molecule has 0 aliphatic heterocycles. The Hall–Kier alpha value is -2.00. The molecular weight excluding hydrogens is 260 g/mol. The van der Waals surface area contributed by atoms with Crippen molar-refractivity contribution in [3.63, 3.8) is 0 Å². The first-order chi connectivity index (χ1) is 8.81. The van der Waals surface area contributed by atoms with Crippen LogP contribution in [0.2, 0.25) is 0 Å². The van der Waals surface area contributed by atoms with Gasteiger partial charge in [-0.25, -0.2) is 4.99 Å². The van der Waals surface area contributed by atoms with Gasteiger partial charge in [-0.2, -0.15) is 0 Å². The van der Waals surface area contributed by atoms with Gasteiger partial charge in [-0.05, 0) is 11.1 Å². The number of nitrogens with two attached hydrogens (primary N) is 1. The van der Waals surface area contributed by atoms with E-state index >= 15 is 0 Å². The Morgan fingerprint density at radius 1 is 0.947 bits per heavy atom. The van der Waals surface area contributed by atoms with Crippen LogP contribution in [0.15, 0.2) is 65.7 Å². The molecule has 0 saturated heterocycles. The van der Waals surface area contributed by atoms with Crippen molar-refractivity contribution in [1.29, 1.82) is 0 Å². The number of hydrogen-bond donors (Lipinski definition) is 1. The van der Waals surface area contributed by atoms with Crippen LogP contribution in [0.4, 0.5) is 0 Å². The molecule has 19 heavy (non-hydrogen) atoms. The summed E-state index contributed by atoms with van der Waals surface area (Å²) >= 11 is 0. The van der Waals surface area contributed by atoms with E-state index in [4.69, 9.17) is 10.5 Å². The Labute approximate surface area is 119 Å². The summed E-state index contributed by atoms with van der Waals surface area (Å²) in [6.07, 6.45) is 0. The molecule has 2 N–H and O–H groups in total. The Balaban J connectivity index is 0.00000180. The lowest BCUT2D eigenvalue weighted by atomic mass is 9.99. The van der Waals surface area contributed by atoms with Crippen LogP contribution in [0.3, 0.4) is 0 Å².